The normalized spacial score (nSPS) is 11.0. The van der Waals surface area contributed by atoms with Crippen molar-refractivity contribution in [3.63, 3.8) is 0 Å². The molecule has 0 rings (SSSR count). The molecule has 0 aromatic rings. The molecule has 0 bridgehead atoms. The van der Waals surface area contributed by atoms with Crippen LogP contribution in [0, 0.1) is 0 Å². The Hall–Kier alpha value is -1.68. The highest BCUT2D eigenvalue weighted by atomic mass is 16.2. The van der Waals surface area contributed by atoms with Crippen LogP contribution in [-0.4, -0.2) is 31.0 Å². The molecule has 4 nitrogen and oxygen atoms in total. The molecule has 0 atom stereocenters. The average Bonchev–Trinajstić information content (AvgIpc) is 2.64. The second kappa shape index (κ2) is 24.6. The van der Waals surface area contributed by atoms with E-state index in [0.29, 0.717) is 12.7 Å². The third-order valence-electron chi connectivity index (χ3n) is 3.44. The summed E-state index contributed by atoms with van der Waals surface area (Å²) in [4.78, 5) is 21.3. The molecule has 0 spiro atoms. The Morgan fingerprint density at radius 2 is 1.40 bits per heavy atom. The van der Waals surface area contributed by atoms with Crippen molar-refractivity contribution in [1.82, 2.24) is 5.32 Å². The minimum absolute atomic E-state index is 0.0155. The van der Waals surface area contributed by atoms with Crippen LogP contribution in [0.25, 0.3) is 0 Å². The van der Waals surface area contributed by atoms with E-state index in [-0.39, 0.29) is 12.5 Å². The zero-order valence-corrected chi connectivity index (χ0v) is 16.1. The fourth-order valence-electron chi connectivity index (χ4n) is 2.15. The van der Waals surface area contributed by atoms with Crippen LogP contribution < -0.4 is 5.32 Å². The zero-order chi connectivity index (χ0) is 19.0. The molecule has 1 amide bonds. The second-order valence-electron chi connectivity index (χ2n) is 5.57. The largest absolute Gasteiger partial charge is 0.400 e. The summed E-state index contributed by atoms with van der Waals surface area (Å²) in [7, 11) is 1.00. The molecule has 0 fully saturated rings. The van der Waals surface area contributed by atoms with E-state index in [0.717, 1.165) is 45.6 Å². The summed E-state index contributed by atoms with van der Waals surface area (Å²) in [5.41, 5.74) is 0. The van der Waals surface area contributed by atoms with E-state index in [1.165, 1.54) is 19.3 Å². The first-order chi connectivity index (χ1) is 12.3. The van der Waals surface area contributed by atoms with Crippen LogP contribution in [0.4, 0.5) is 0 Å². The van der Waals surface area contributed by atoms with Gasteiger partial charge in [-0.15, -0.1) is 0 Å². The van der Waals surface area contributed by atoms with Gasteiger partial charge in [-0.3, -0.25) is 4.79 Å². The highest BCUT2D eigenvalue weighted by Crippen LogP contribution is 2.07. The Kier molecular flexibility index (Phi) is 25.1. The van der Waals surface area contributed by atoms with Crippen molar-refractivity contribution in [3.8, 4) is 0 Å². The molecule has 4 heteroatoms. The topological polar surface area (TPSA) is 66.4 Å². The lowest BCUT2D eigenvalue weighted by molar-refractivity contribution is -0.122. The number of rotatable bonds is 15. The molecule has 0 unspecified atom stereocenters. The van der Waals surface area contributed by atoms with E-state index < -0.39 is 0 Å². The van der Waals surface area contributed by atoms with Gasteiger partial charge >= 0.3 is 0 Å². The standard InChI is InChI=1S/C20H33NO2.CH4O/c1-2-3-4-5-6-7-8-9-10-11-12-13-14-15-16-17-20(23)21-18-19-22;1-2/h3-4,6-7,9-10,19H,2,5,8,11-18H2,1H3,(H,21,23);2H,1H3/b4-3-,7-6-,10-9-;. The Balaban J connectivity index is 0. The summed E-state index contributed by atoms with van der Waals surface area (Å²) in [6, 6.07) is 0. The average molecular weight is 352 g/mol. The van der Waals surface area contributed by atoms with E-state index in [1.54, 1.807) is 0 Å². The summed E-state index contributed by atoms with van der Waals surface area (Å²) >= 11 is 0. The van der Waals surface area contributed by atoms with Gasteiger partial charge in [-0.1, -0.05) is 62.6 Å². The van der Waals surface area contributed by atoms with Crippen LogP contribution in [0.15, 0.2) is 36.5 Å². The van der Waals surface area contributed by atoms with Crippen molar-refractivity contribution in [2.24, 2.45) is 0 Å². The van der Waals surface area contributed by atoms with Crippen LogP contribution in [0.3, 0.4) is 0 Å². The van der Waals surface area contributed by atoms with E-state index in [2.05, 4.69) is 48.7 Å². The van der Waals surface area contributed by atoms with Crippen molar-refractivity contribution in [1.29, 1.82) is 0 Å². The van der Waals surface area contributed by atoms with Crippen molar-refractivity contribution >= 4 is 12.2 Å². The summed E-state index contributed by atoms with van der Waals surface area (Å²) in [5, 5.41) is 9.56. The molecule has 2 N–H and O–H groups in total. The SMILES string of the molecule is CC/C=C\C/C=C\C/C=C\CCCCCCCC(=O)NCC=O.CO. The van der Waals surface area contributed by atoms with Gasteiger partial charge in [0, 0.05) is 13.5 Å². The highest BCUT2D eigenvalue weighted by molar-refractivity contribution is 5.78. The first-order valence-electron chi connectivity index (χ1n) is 9.41. The first-order valence-corrected chi connectivity index (χ1v) is 9.41. The van der Waals surface area contributed by atoms with Crippen molar-refractivity contribution < 1.29 is 14.7 Å². The highest BCUT2D eigenvalue weighted by Gasteiger charge is 1.99. The maximum Gasteiger partial charge on any atom is 0.220 e. The number of hydrogen-bond donors (Lipinski definition) is 2. The number of hydrogen-bond acceptors (Lipinski definition) is 3. The van der Waals surface area contributed by atoms with Gasteiger partial charge in [-0.2, -0.15) is 0 Å². The number of carbonyl (C=O) groups is 2. The number of carbonyl (C=O) groups excluding carboxylic acids is 2. The molecule has 0 saturated carbocycles. The smallest absolute Gasteiger partial charge is 0.220 e. The summed E-state index contributed by atoms with van der Waals surface area (Å²) in [5.74, 6) is -0.0155. The van der Waals surface area contributed by atoms with Gasteiger partial charge in [-0.25, -0.2) is 0 Å². The molecule has 0 heterocycles. The quantitative estimate of drug-likeness (QED) is 0.259. The number of amides is 1. The predicted octanol–water partition coefficient (Wildman–Crippen LogP) is 4.50. The number of aldehydes is 1. The fraction of sp³-hybridized carbons (Fsp3) is 0.619. The Morgan fingerprint density at radius 3 is 2.04 bits per heavy atom. The lowest BCUT2D eigenvalue weighted by Gasteiger charge is -2.01. The number of aliphatic hydroxyl groups is 1. The van der Waals surface area contributed by atoms with Gasteiger partial charge < -0.3 is 15.2 Å². The van der Waals surface area contributed by atoms with E-state index in [4.69, 9.17) is 5.11 Å². The Bertz CT molecular complexity index is 373. The molecule has 0 aliphatic rings. The fourth-order valence-corrected chi connectivity index (χ4v) is 2.15. The van der Waals surface area contributed by atoms with Crippen molar-refractivity contribution in [2.45, 2.75) is 71.1 Å². The molecule has 0 aromatic heterocycles. The van der Waals surface area contributed by atoms with Crippen LogP contribution >= 0.6 is 0 Å². The third-order valence-corrected chi connectivity index (χ3v) is 3.44. The van der Waals surface area contributed by atoms with Crippen molar-refractivity contribution in [3.05, 3.63) is 36.5 Å². The lowest BCUT2D eigenvalue weighted by atomic mass is 10.1. The summed E-state index contributed by atoms with van der Waals surface area (Å²) in [6.07, 6.45) is 24.5. The number of nitrogens with one attached hydrogen (secondary N) is 1. The van der Waals surface area contributed by atoms with Crippen LogP contribution in [0.1, 0.15) is 71.1 Å². The molecule has 0 aromatic carbocycles. The van der Waals surface area contributed by atoms with E-state index in [1.807, 2.05) is 0 Å². The minimum atomic E-state index is -0.0155. The van der Waals surface area contributed by atoms with Gasteiger partial charge in [0.15, 0.2) is 0 Å². The molecule has 0 saturated heterocycles. The molecule has 0 radical (unpaired) electrons. The predicted molar refractivity (Wildman–Crippen MR) is 106 cm³/mol. The lowest BCUT2D eigenvalue weighted by Crippen LogP contribution is -2.24. The zero-order valence-electron chi connectivity index (χ0n) is 16.1. The van der Waals surface area contributed by atoms with Gasteiger partial charge in [0.25, 0.3) is 0 Å². The van der Waals surface area contributed by atoms with E-state index in [9.17, 15) is 9.59 Å². The van der Waals surface area contributed by atoms with Gasteiger partial charge in [0.1, 0.15) is 6.29 Å². The Labute approximate surface area is 154 Å². The molecule has 0 aliphatic carbocycles. The van der Waals surface area contributed by atoms with Crippen LogP contribution in [0.2, 0.25) is 0 Å². The molecule has 144 valence electrons. The van der Waals surface area contributed by atoms with Crippen molar-refractivity contribution in [2.75, 3.05) is 13.7 Å². The first kappa shape index (κ1) is 25.6. The second-order valence-corrected chi connectivity index (χ2v) is 5.57. The third kappa shape index (κ3) is 24.7. The van der Waals surface area contributed by atoms with Gasteiger partial charge in [-0.05, 0) is 38.5 Å². The van der Waals surface area contributed by atoms with Gasteiger partial charge in [0.2, 0.25) is 5.91 Å². The number of allylic oxidation sites excluding steroid dienone is 6. The minimum Gasteiger partial charge on any atom is -0.400 e. The maximum atomic E-state index is 11.2. The Morgan fingerprint density at radius 1 is 0.840 bits per heavy atom. The maximum absolute atomic E-state index is 11.2. The molecule has 0 aliphatic heterocycles. The number of unbranched alkanes of at least 4 members (excludes halogenated alkanes) is 5. The summed E-state index contributed by atoms with van der Waals surface area (Å²) < 4.78 is 0. The molecular formula is C21H37NO3. The van der Waals surface area contributed by atoms with Crippen LogP contribution in [0.5, 0.6) is 0 Å². The molecular weight excluding hydrogens is 314 g/mol. The monoisotopic (exact) mass is 351 g/mol. The molecule has 25 heavy (non-hydrogen) atoms. The summed E-state index contributed by atoms with van der Waals surface area (Å²) in [6.45, 7) is 2.28. The van der Waals surface area contributed by atoms with Gasteiger partial charge in [0.05, 0.1) is 6.54 Å². The van der Waals surface area contributed by atoms with Crippen LogP contribution in [-0.2, 0) is 9.59 Å². The number of aliphatic hydroxyl groups excluding tert-OH is 1. The van der Waals surface area contributed by atoms with E-state index >= 15 is 0 Å².